The number of rotatable bonds is 2. The Bertz CT molecular complexity index is 701. The van der Waals surface area contributed by atoms with Crippen molar-refractivity contribution < 1.29 is 9.53 Å². The van der Waals surface area contributed by atoms with Crippen molar-refractivity contribution in [3.05, 3.63) is 33.2 Å². The highest BCUT2D eigenvalue weighted by Gasteiger charge is 2.25. The Hall–Kier alpha value is -0.780. The van der Waals surface area contributed by atoms with Gasteiger partial charge in [-0.25, -0.2) is 4.79 Å². The summed E-state index contributed by atoms with van der Waals surface area (Å²) >= 11 is 11.7. The number of benzene rings is 1. The Morgan fingerprint density at radius 3 is 3.00 bits per heavy atom. The van der Waals surface area contributed by atoms with Gasteiger partial charge in [-0.1, -0.05) is 27.5 Å². The molecular weight excluding hydrogens is 374 g/mol. The second-order valence-corrected chi connectivity index (χ2v) is 7.01. The molecule has 0 atom stereocenters. The molecule has 0 unspecified atom stereocenters. The summed E-state index contributed by atoms with van der Waals surface area (Å²) in [7, 11) is 0. The molecule has 0 bridgehead atoms. The van der Waals surface area contributed by atoms with Crippen LogP contribution in [0.2, 0.25) is 5.02 Å². The Morgan fingerprint density at radius 1 is 1.48 bits per heavy atom. The molecule has 112 valence electrons. The Balaban J connectivity index is 2.10. The summed E-state index contributed by atoms with van der Waals surface area (Å²) in [5.41, 5.74) is 2.36. The topological polar surface area (TPSA) is 29.5 Å². The van der Waals surface area contributed by atoms with Gasteiger partial charge < -0.3 is 9.64 Å². The van der Waals surface area contributed by atoms with Crippen molar-refractivity contribution in [1.29, 1.82) is 0 Å². The lowest BCUT2D eigenvalue weighted by atomic mass is 10.0. The van der Waals surface area contributed by atoms with Gasteiger partial charge in [0, 0.05) is 31.9 Å². The van der Waals surface area contributed by atoms with Crippen molar-refractivity contribution in [2.75, 3.05) is 13.2 Å². The third-order valence-corrected chi connectivity index (χ3v) is 6.20. The molecular formula is C15H15BrClNO2S. The first-order valence-electron chi connectivity index (χ1n) is 6.85. The van der Waals surface area contributed by atoms with E-state index in [2.05, 4.69) is 22.0 Å². The molecule has 1 aromatic heterocycles. The zero-order valence-corrected chi connectivity index (χ0v) is 14.8. The second kappa shape index (κ2) is 6.15. The van der Waals surface area contributed by atoms with Crippen LogP contribution in [0.1, 0.15) is 22.9 Å². The number of thiophene rings is 1. The molecule has 0 aliphatic carbocycles. The highest BCUT2D eigenvalue weighted by molar-refractivity contribution is 9.08. The predicted octanol–water partition coefficient (Wildman–Crippen LogP) is 4.96. The molecule has 0 radical (unpaired) electrons. The first-order chi connectivity index (χ1) is 10.2. The molecule has 0 saturated heterocycles. The van der Waals surface area contributed by atoms with E-state index in [0.717, 1.165) is 22.3 Å². The van der Waals surface area contributed by atoms with Gasteiger partial charge in [-0.05, 0) is 36.6 Å². The zero-order chi connectivity index (χ0) is 15.0. The van der Waals surface area contributed by atoms with E-state index in [9.17, 15) is 4.79 Å². The Morgan fingerprint density at radius 2 is 2.29 bits per heavy atom. The van der Waals surface area contributed by atoms with Gasteiger partial charge in [-0.2, -0.15) is 0 Å². The van der Waals surface area contributed by atoms with Crippen LogP contribution in [0.5, 0.6) is 0 Å². The first kappa shape index (κ1) is 15.1. The molecule has 3 nitrogen and oxygen atoms in total. The predicted molar refractivity (Wildman–Crippen MR) is 90.6 cm³/mol. The highest BCUT2D eigenvalue weighted by atomic mass is 79.9. The largest absolute Gasteiger partial charge is 0.450 e. The lowest BCUT2D eigenvalue weighted by molar-refractivity contribution is 0.105. The number of ether oxygens (including phenoxy) is 1. The molecule has 3 rings (SSSR count). The monoisotopic (exact) mass is 387 g/mol. The number of halogens is 2. The average molecular weight is 389 g/mol. The van der Waals surface area contributed by atoms with Gasteiger partial charge in [-0.15, -0.1) is 11.3 Å². The number of hydrogen-bond donors (Lipinski definition) is 0. The molecule has 0 spiro atoms. The van der Waals surface area contributed by atoms with Crippen LogP contribution in [0.25, 0.3) is 10.1 Å². The highest BCUT2D eigenvalue weighted by Crippen LogP contribution is 2.40. The maximum Gasteiger partial charge on any atom is 0.410 e. The van der Waals surface area contributed by atoms with E-state index in [-0.39, 0.29) is 6.09 Å². The summed E-state index contributed by atoms with van der Waals surface area (Å²) < 4.78 is 6.40. The number of carbonyl (C=O) groups excluding carboxylic acids is 1. The van der Waals surface area contributed by atoms with Crippen LogP contribution >= 0.6 is 38.9 Å². The molecule has 1 amide bonds. The quantitative estimate of drug-likeness (QED) is 0.680. The Labute approximate surface area is 141 Å². The van der Waals surface area contributed by atoms with Gasteiger partial charge in [-0.3, -0.25) is 0 Å². The summed E-state index contributed by atoms with van der Waals surface area (Å²) in [6, 6.07) is 4.03. The SMILES string of the molecule is CCOC(=O)N1CCc2c(Cl)ccc3sc(CBr)c(c23)C1. The molecule has 6 heteroatoms. The van der Waals surface area contributed by atoms with Crippen LogP contribution in [-0.4, -0.2) is 24.1 Å². The summed E-state index contributed by atoms with van der Waals surface area (Å²) in [5, 5.41) is 2.80. The lowest BCUT2D eigenvalue weighted by Crippen LogP contribution is -2.32. The fourth-order valence-corrected chi connectivity index (χ4v) is 4.79. The maximum absolute atomic E-state index is 12.1. The molecule has 1 aromatic carbocycles. The normalized spacial score (nSPS) is 14.3. The smallest absolute Gasteiger partial charge is 0.410 e. The first-order valence-corrected chi connectivity index (χ1v) is 9.16. The fraction of sp³-hybridized carbons (Fsp3) is 0.400. The molecule has 1 aliphatic rings. The molecule has 1 aliphatic heterocycles. The minimum Gasteiger partial charge on any atom is -0.450 e. The third-order valence-electron chi connectivity index (χ3n) is 3.72. The van der Waals surface area contributed by atoms with Crippen LogP contribution in [0, 0.1) is 0 Å². The van der Waals surface area contributed by atoms with Crippen molar-refractivity contribution in [3.8, 4) is 0 Å². The van der Waals surface area contributed by atoms with Gasteiger partial charge in [0.2, 0.25) is 0 Å². The van der Waals surface area contributed by atoms with E-state index >= 15 is 0 Å². The van der Waals surface area contributed by atoms with E-state index in [1.807, 2.05) is 13.0 Å². The Kier molecular flexibility index (Phi) is 4.43. The number of nitrogens with zero attached hydrogens (tertiary/aromatic N) is 1. The van der Waals surface area contributed by atoms with E-state index < -0.39 is 0 Å². The summed E-state index contributed by atoms with van der Waals surface area (Å²) in [5.74, 6) is 0. The van der Waals surface area contributed by atoms with E-state index in [1.165, 1.54) is 20.5 Å². The van der Waals surface area contributed by atoms with Crippen molar-refractivity contribution in [2.45, 2.75) is 25.2 Å². The minimum absolute atomic E-state index is 0.249. The van der Waals surface area contributed by atoms with Crippen LogP contribution < -0.4 is 0 Å². The standard InChI is InChI=1S/C15H15BrClNO2S/c1-2-20-15(19)18-6-5-9-11(17)3-4-12-14(9)10(8-18)13(7-16)21-12/h3-4H,2,5-8H2,1H3. The van der Waals surface area contributed by atoms with Gasteiger partial charge >= 0.3 is 6.09 Å². The number of alkyl halides is 1. The van der Waals surface area contributed by atoms with Crippen molar-refractivity contribution in [3.63, 3.8) is 0 Å². The average Bonchev–Trinajstić information content (AvgIpc) is 2.69. The second-order valence-electron chi connectivity index (χ2n) is 4.91. The van der Waals surface area contributed by atoms with E-state index in [4.69, 9.17) is 16.3 Å². The molecule has 0 saturated carbocycles. The molecule has 0 N–H and O–H groups in total. The summed E-state index contributed by atoms with van der Waals surface area (Å²) in [6.07, 6.45) is 0.516. The molecule has 2 aromatic rings. The maximum atomic E-state index is 12.1. The fourth-order valence-electron chi connectivity index (χ4n) is 2.76. The van der Waals surface area contributed by atoms with Crippen LogP contribution in [0.3, 0.4) is 0 Å². The van der Waals surface area contributed by atoms with E-state index in [0.29, 0.717) is 19.7 Å². The van der Waals surface area contributed by atoms with E-state index in [1.54, 1.807) is 16.2 Å². The van der Waals surface area contributed by atoms with Crippen LogP contribution in [0.4, 0.5) is 4.79 Å². The van der Waals surface area contributed by atoms with Gasteiger partial charge in [0.15, 0.2) is 0 Å². The summed E-state index contributed by atoms with van der Waals surface area (Å²) in [4.78, 5) is 15.1. The van der Waals surface area contributed by atoms with Gasteiger partial charge in [0.1, 0.15) is 0 Å². The van der Waals surface area contributed by atoms with Gasteiger partial charge in [0.05, 0.1) is 13.2 Å². The van der Waals surface area contributed by atoms with Crippen molar-refractivity contribution in [1.82, 2.24) is 4.90 Å². The number of carbonyl (C=O) groups is 1. The number of amides is 1. The summed E-state index contributed by atoms with van der Waals surface area (Å²) in [6.45, 7) is 3.45. The van der Waals surface area contributed by atoms with Crippen LogP contribution in [-0.2, 0) is 23.0 Å². The lowest BCUT2D eigenvalue weighted by Gasteiger charge is -2.20. The van der Waals surface area contributed by atoms with Crippen LogP contribution in [0.15, 0.2) is 12.1 Å². The zero-order valence-electron chi connectivity index (χ0n) is 11.6. The van der Waals surface area contributed by atoms with Gasteiger partial charge in [0.25, 0.3) is 0 Å². The molecule has 21 heavy (non-hydrogen) atoms. The minimum atomic E-state index is -0.249. The molecule has 2 heterocycles. The van der Waals surface area contributed by atoms with Crippen molar-refractivity contribution in [2.24, 2.45) is 0 Å². The third kappa shape index (κ3) is 2.67. The molecule has 0 fully saturated rings. The van der Waals surface area contributed by atoms with Crippen molar-refractivity contribution >= 4 is 55.0 Å². The number of hydrogen-bond acceptors (Lipinski definition) is 3.